The molecule has 3 aromatic carbocycles. The van der Waals surface area contributed by atoms with Crippen molar-refractivity contribution in [3.63, 3.8) is 0 Å². The van der Waals surface area contributed by atoms with Crippen molar-refractivity contribution in [2.45, 2.75) is 0 Å². The van der Waals surface area contributed by atoms with Crippen LogP contribution in [-0.2, 0) is 0 Å². The van der Waals surface area contributed by atoms with E-state index in [0.717, 1.165) is 5.52 Å². The third-order valence-electron chi connectivity index (χ3n) is 3.70. The first kappa shape index (κ1) is 11.2. The summed E-state index contributed by atoms with van der Waals surface area (Å²) in [4.78, 5) is 4.54. The van der Waals surface area contributed by atoms with Crippen LogP contribution in [0.1, 0.15) is 0 Å². The maximum atomic E-state index is 4.54. The van der Waals surface area contributed by atoms with E-state index >= 15 is 0 Å². The number of hydrogen-bond donors (Lipinski definition) is 0. The predicted octanol–water partition coefficient (Wildman–Crippen LogP) is 5.06. The second kappa shape index (κ2) is 4.46. The summed E-state index contributed by atoms with van der Waals surface area (Å²) < 4.78 is 0. The maximum absolute atomic E-state index is 4.54. The standard InChI is InChI=1S/C19H13N/c1-2-6-14(7-3-1)15-10-11-19-18(12-15)17-9-5-4-8-16(17)13-20-19/h1-13H. The highest BCUT2D eigenvalue weighted by Gasteiger charge is 2.03. The summed E-state index contributed by atoms with van der Waals surface area (Å²) in [5, 5.41) is 3.66. The van der Waals surface area contributed by atoms with Crippen LogP contribution >= 0.6 is 0 Å². The normalized spacial score (nSPS) is 11.0. The van der Waals surface area contributed by atoms with Gasteiger partial charge in [0.1, 0.15) is 0 Å². The molecule has 0 radical (unpaired) electrons. The Kier molecular flexibility index (Phi) is 2.49. The number of nitrogens with zero attached hydrogens (tertiary/aromatic N) is 1. The van der Waals surface area contributed by atoms with Gasteiger partial charge >= 0.3 is 0 Å². The molecule has 0 aliphatic carbocycles. The number of benzene rings is 3. The van der Waals surface area contributed by atoms with Crippen LogP contribution in [0.25, 0.3) is 32.8 Å². The fraction of sp³-hybridized carbons (Fsp3) is 0. The molecule has 1 heterocycles. The topological polar surface area (TPSA) is 12.9 Å². The van der Waals surface area contributed by atoms with E-state index in [-0.39, 0.29) is 0 Å². The molecule has 0 spiro atoms. The number of aromatic nitrogens is 1. The lowest BCUT2D eigenvalue weighted by molar-refractivity contribution is 1.44. The van der Waals surface area contributed by atoms with E-state index < -0.39 is 0 Å². The van der Waals surface area contributed by atoms with Gasteiger partial charge in [-0.2, -0.15) is 0 Å². The Labute approximate surface area is 117 Å². The summed E-state index contributed by atoms with van der Waals surface area (Å²) in [6.07, 6.45) is 1.94. The quantitative estimate of drug-likeness (QED) is 0.433. The molecule has 0 aliphatic rings. The monoisotopic (exact) mass is 255 g/mol. The predicted molar refractivity (Wildman–Crippen MR) is 84.7 cm³/mol. The van der Waals surface area contributed by atoms with E-state index in [1.807, 2.05) is 12.3 Å². The smallest absolute Gasteiger partial charge is 0.0708 e. The van der Waals surface area contributed by atoms with Gasteiger partial charge in [-0.3, -0.25) is 4.98 Å². The summed E-state index contributed by atoms with van der Waals surface area (Å²) in [6, 6.07) is 25.3. The third kappa shape index (κ3) is 1.76. The van der Waals surface area contributed by atoms with Gasteiger partial charge in [0.2, 0.25) is 0 Å². The van der Waals surface area contributed by atoms with Crippen LogP contribution in [0.2, 0.25) is 0 Å². The first-order chi connectivity index (χ1) is 9.92. The van der Waals surface area contributed by atoms with Crippen LogP contribution in [0.3, 0.4) is 0 Å². The van der Waals surface area contributed by atoms with Gasteiger partial charge in [-0.15, -0.1) is 0 Å². The lowest BCUT2D eigenvalue weighted by atomic mass is 10.0. The molecule has 0 bridgehead atoms. The largest absolute Gasteiger partial charge is 0.256 e. The Hall–Kier alpha value is -2.67. The van der Waals surface area contributed by atoms with E-state index in [9.17, 15) is 0 Å². The summed E-state index contributed by atoms with van der Waals surface area (Å²) in [5.41, 5.74) is 3.52. The van der Waals surface area contributed by atoms with Crippen molar-refractivity contribution >= 4 is 21.7 Å². The van der Waals surface area contributed by atoms with Gasteiger partial charge in [-0.1, -0.05) is 60.7 Å². The van der Waals surface area contributed by atoms with Crippen LogP contribution in [0.5, 0.6) is 0 Å². The SMILES string of the molecule is c1ccc(-c2ccc3ncc4ccccc4c3c2)cc1. The van der Waals surface area contributed by atoms with Gasteiger partial charge in [-0.05, 0) is 28.6 Å². The Morgan fingerprint density at radius 2 is 1.40 bits per heavy atom. The molecular weight excluding hydrogens is 242 g/mol. The van der Waals surface area contributed by atoms with Crippen LogP contribution in [0, 0.1) is 0 Å². The second-order valence-electron chi connectivity index (χ2n) is 4.94. The lowest BCUT2D eigenvalue weighted by Gasteiger charge is -2.06. The Bertz CT molecular complexity index is 895. The molecule has 0 saturated carbocycles. The minimum atomic E-state index is 1.04. The highest BCUT2D eigenvalue weighted by Crippen LogP contribution is 2.28. The van der Waals surface area contributed by atoms with Crippen LogP contribution in [0.4, 0.5) is 0 Å². The molecule has 94 valence electrons. The van der Waals surface area contributed by atoms with Crippen LogP contribution in [0.15, 0.2) is 79.0 Å². The lowest BCUT2D eigenvalue weighted by Crippen LogP contribution is -1.84. The van der Waals surface area contributed by atoms with Crippen LogP contribution in [-0.4, -0.2) is 4.98 Å². The summed E-state index contributed by atoms with van der Waals surface area (Å²) >= 11 is 0. The van der Waals surface area contributed by atoms with Gasteiger partial charge in [0.15, 0.2) is 0 Å². The van der Waals surface area contributed by atoms with Gasteiger partial charge in [-0.25, -0.2) is 0 Å². The molecule has 1 heteroatoms. The molecule has 0 atom stereocenters. The highest BCUT2D eigenvalue weighted by molar-refractivity contribution is 6.06. The van der Waals surface area contributed by atoms with Gasteiger partial charge in [0, 0.05) is 17.0 Å². The fourth-order valence-electron chi connectivity index (χ4n) is 2.67. The summed E-state index contributed by atoms with van der Waals surface area (Å²) in [7, 11) is 0. The molecule has 0 aliphatic heterocycles. The summed E-state index contributed by atoms with van der Waals surface area (Å²) in [6.45, 7) is 0. The van der Waals surface area contributed by atoms with E-state index in [0.29, 0.717) is 0 Å². The van der Waals surface area contributed by atoms with Crippen molar-refractivity contribution in [2.75, 3.05) is 0 Å². The van der Waals surface area contributed by atoms with Crippen LogP contribution < -0.4 is 0 Å². The van der Waals surface area contributed by atoms with Gasteiger partial charge < -0.3 is 0 Å². The number of fused-ring (bicyclic) bond motifs is 3. The van der Waals surface area contributed by atoms with Crippen molar-refractivity contribution in [1.29, 1.82) is 0 Å². The molecule has 1 aromatic heterocycles. The average Bonchev–Trinajstić information content (AvgIpc) is 2.55. The third-order valence-corrected chi connectivity index (χ3v) is 3.70. The first-order valence-corrected chi connectivity index (χ1v) is 6.75. The molecule has 1 nitrogen and oxygen atoms in total. The minimum absolute atomic E-state index is 1.04. The second-order valence-corrected chi connectivity index (χ2v) is 4.94. The number of pyridine rings is 1. The molecule has 4 rings (SSSR count). The van der Waals surface area contributed by atoms with Gasteiger partial charge in [0.25, 0.3) is 0 Å². The van der Waals surface area contributed by atoms with Crippen molar-refractivity contribution in [3.8, 4) is 11.1 Å². The van der Waals surface area contributed by atoms with Crippen molar-refractivity contribution < 1.29 is 0 Å². The van der Waals surface area contributed by atoms with E-state index in [4.69, 9.17) is 0 Å². The molecule has 0 saturated heterocycles. The van der Waals surface area contributed by atoms with E-state index in [2.05, 4.69) is 71.7 Å². The van der Waals surface area contributed by atoms with Crippen molar-refractivity contribution in [1.82, 2.24) is 4.98 Å². The molecule has 0 N–H and O–H groups in total. The average molecular weight is 255 g/mol. The zero-order chi connectivity index (χ0) is 13.4. The molecule has 4 aromatic rings. The molecule has 0 amide bonds. The molecule has 0 fully saturated rings. The molecule has 0 unspecified atom stereocenters. The Balaban J connectivity index is 2.05. The molecular formula is C19H13N. The summed E-state index contributed by atoms with van der Waals surface area (Å²) in [5.74, 6) is 0. The van der Waals surface area contributed by atoms with Gasteiger partial charge in [0.05, 0.1) is 5.52 Å². The Morgan fingerprint density at radius 3 is 2.30 bits per heavy atom. The van der Waals surface area contributed by atoms with Crippen molar-refractivity contribution in [3.05, 3.63) is 79.0 Å². The number of rotatable bonds is 1. The first-order valence-electron chi connectivity index (χ1n) is 6.75. The van der Waals surface area contributed by atoms with E-state index in [1.54, 1.807) is 0 Å². The minimum Gasteiger partial charge on any atom is -0.256 e. The Morgan fingerprint density at radius 1 is 0.600 bits per heavy atom. The fourth-order valence-corrected chi connectivity index (χ4v) is 2.67. The van der Waals surface area contributed by atoms with Crippen molar-refractivity contribution in [2.24, 2.45) is 0 Å². The van der Waals surface area contributed by atoms with E-state index in [1.165, 1.54) is 27.3 Å². The highest BCUT2D eigenvalue weighted by atomic mass is 14.6. The maximum Gasteiger partial charge on any atom is 0.0708 e. The zero-order valence-corrected chi connectivity index (χ0v) is 11.0. The molecule has 20 heavy (non-hydrogen) atoms. The zero-order valence-electron chi connectivity index (χ0n) is 11.0. The number of hydrogen-bond acceptors (Lipinski definition) is 1.